The van der Waals surface area contributed by atoms with Gasteiger partial charge in [-0.1, -0.05) is 12.6 Å². The summed E-state index contributed by atoms with van der Waals surface area (Å²) in [6, 6.07) is 1.30. The monoisotopic (exact) mass is 178 g/mol. The maximum absolute atomic E-state index is 8.85. The standard InChI is InChI=1S/C7H18O3Si/c1-11-4-2-3-10-6-7(9)5-8/h7-9H,2-6,11H2,1H3. The summed E-state index contributed by atoms with van der Waals surface area (Å²) < 4.78 is 5.10. The van der Waals surface area contributed by atoms with Crippen LogP contribution in [0.1, 0.15) is 6.42 Å². The Labute approximate surface area is 70.2 Å². The Bertz CT molecular complexity index is 80.1. The zero-order valence-electron chi connectivity index (χ0n) is 7.12. The minimum Gasteiger partial charge on any atom is -0.394 e. The van der Waals surface area contributed by atoms with E-state index in [-0.39, 0.29) is 22.7 Å². The normalized spacial score (nSPS) is 14.5. The fraction of sp³-hybridized carbons (Fsp3) is 1.00. The zero-order valence-corrected chi connectivity index (χ0v) is 8.54. The molecule has 3 nitrogen and oxygen atoms in total. The average molecular weight is 178 g/mol. The summed E-state index contributed by atoms with van der Waals surface area (Å²) >= 11 is 0. The highest BCUT2D eigenvalue weighted by Crippen LogP contribution is 1.91. The Morgan fingerprint density at radius 3 is 2.82 bits per heavy atom. The van der Waals surface area contributed by atoms with E-state index in [9.17, 15) is 0 Å². The Hall–Kier alpha value is 0.0969. The third-order valence-electron chi connectivity index (χ3n) is 1.41. The van der Waals surface area contributed by atoms with Crippen molar-refractivity contribution in [1.82, 2.24) is 0 Å². The van der Waals surface area contributed by atoms with Crippen LogP contribution < -0.4 is 0 Å². The molecule has 0 radical (unpaired) electrons. The van der Waals surface area contributed by atoms with Crippen molar-refractivity contribution < 1.29 is 14.9 Å². The summed E-state index contributed by atoms with van der Waals surface area (Å²) in [7, 11) is 0.170. The van der Waals surface area contributed by atoms with E-state index in [1.54, 1.807) is 0 Å². The minimum atomic E-state index is -0.700. The molecule has 0 aromatic rings. The lowest BCUT2D eigenvalue weighted by atomic mass is 10.4. The van der Waals surface area contributed by atoms with Crippen molar-refractivity contribution in [3.8, 4) is 0 Å². The third kappa shape index (κ3) is 8.00. The van der Waals surface area contributed by atoms with Crippen LogP contribution in [0.2, 0.25) is 12.6 Å². The zero-order chi connectivity index (χ0) is 8.53. The SMILES string of the molecule is C[SiH2]CCCOCC(O)CO. The number of aliphatic hydroxyl groups is 2. The Kier molecular flexibility index (Phi) is 8.27. The largest absolute Gasteiger partial charge is 0.394 e. The van der Waals surface area contributed by atoms with E-state index in [4.69, 9.17) is 14.9 Å². The van der Waals surface area contributed by atoms with Crippen LogP contribution in [0.3, 0.4) is 0 Å². The van der Waals surface area contributed by atoms with E-state index in [1.165, 1.54) is 6.04 Å². The van der Waals surface area contributed by atoms with Crippen molar-refractivity contribution in [1.29, 1.82) is 0 Å². The quantitative estimate of drug-likeness (QED) is 0.403. The predicted molar refractivity (Wildman–Crippen MR) is 47.7 cm³/mol. The molecule has 0 aromatic heterocycles. The highest BCUT2D eigenvalue weighted by atomic mass is 28.2. The van der Waals surface area contributed by atoms with E-state index in [2.05, 4.69) is 6.55 Å². The third-order valence-corrected chi connectivity index (χ3v) is 2.62. The van der Waals surface area contributed by atoms with Gasteiger partial charge in [0.05, 0.1) is 13.2 Å². The number of aliphatic hydroxyl groups excluding tert-OH is 2. The van der Waals surface area contributed by atoms with Crippen LogP contribution in [0.5, 0.6) is 0 Å². The molecule has 1 atom stereocenters. The Morgan fingerprint density at radius 1 is 1.55 bits per heavy atom. The molecule has 0 aliphatic rings. The second-order valence-electron chi connectivity index (χ2n) is 2.62. The van der Waals surface area contributed by atoms with Crippen molar-refractivity contribution in [3.05, 3.63) is 0 Å². The molecule has 0 amide bonds. The smallest absolute Gasteiger partial charge is 0.100 e. The molecule has 0 saturated heterocycles. The van der Waals surface area contributed by atoms with Gasteiger partial charge in [-0.25, -0.2) is 0 Å². The molecule has 4 heteroatoms. The molecule has 0 spiro atoms. The van der Waals surface area contributed by atoms with Gasteiger partial charge >= 0.3 is 0 Å². The average Bonchev–Trinajstić information content (AvgIpc) is 2.04. The van der Waals surface area contributed by atoms with Crippen LogP contribution in [0, 0.1) is 0 Å². The second kappa shape index (κ2) is 8.20. The van der Waals surface area contributed by atoms with Gasteiger partial charge in [0.1, 0.15) is 6.10 Å². The van der Waals surface area contributed by atoms with E-state index in [1.807, 2.05) is 0 Å². The van der Waals surface area contributed by atoms with Crippen LogP contribution in [0.25, 0.3) is 0 Å². The van der Waals surface area contributed by atoms with Gasteiger partial charge in [-0.2, -0.15) is 0 Å². The summed E-state index contributed by atoms with van der Waals surface area (Å²) in [5, 5.41) is 17.3. The Balaban J connectivity index is 2.89. The van der Waals surface area contributed by atoms with Crippen molar-refractivity contribution in [2.75, 3.05) is 19.8 Å². The van der Waals surface area contributed by atoms with Crippen molar-refractivity contribution in [3.63, 3.8) is 0 Å². The van der Waals surface area contributed by atoms with E-state index in [0.29, 0.717) is 0 Å². The summed E-state index contributed by atoms with van der Waals surface area (Å²) in [6.45, 7) is 3.05. The lowest BCUT2D eigenvalue weighted by Gasteiger charge is -2.07. The first-order chi connectivity index (χ1) is 5.31. The predicted octanol–water partition coefficient (Wildman–Crippen LogP) is -0.619. The highest BCUT2D eigenvalue weighted by Gasteiger charge is 1.99. The van der Waals surface area contributed by atoms with E-state index >= 15 is 0 Å². The molecule has 0 aliphatic heterocycles. The van der Waals surface area contributed by atoms with Crippen molar-refractivity contribution in [2.24, 2.45) is 0 Å². The van der Waals surface area contributed by atoms with E-state index < -0.39 is 6.10 Å². The van der Waals surface area contributed by atoms with E-state index in [0.717, 1.165) is 13.0 Å². The molecule has 0 bridgehead atoms. The highest BCUT2D eigenvalue weighted by molar-refractivity contribution is 6.33. The van der Waals surface area contributed by atoms with Gasteiger partial charge in [0, 0.05) is 16.1 Å². The number of rotatable bonds is 7. The van der Waals surface area contributed by atoms with Crippen molar-refractivity contribution in [2.45, 2.75) is 25.1 Å². The molecule has 0 aliphatic carbocycles. The van der Waals surface area contributed by atoms with Crippen LogP contribution >= 0.6 is 0 Å². The van der Waals surface area contributed by atoms with Gasteiger partial charge in [0.2, 0.25) is 0 Å². The first-order valence-electron chi connectivity index (χ1n) is 4.18. The lowest BCUT2D eigenvalue weighted by Crippen LogP contribution is -2.19. The van der Waals surface area contributed by atoms with Crippen molar-refractivity contribution >= 4 is 9.52 Å². The van der Waals surface area contributed by atoms with Gasteiger partial charge < -0.3 is 14.9 Å². The summed E-state index contributed by atoms with van der Waals surface area (Å²) in [4.78, 5) is 0. The first-order valence-corrected chi connectivity index (χ1v) is 6.59. The second-order valence-corrected chi connectivity index (χ2v) is 4.33. The molecule has 11 heavy (non-hydrogen) atoms. The molecular weight excluding hydrogens is 160 g/mol. The molecule has 0 saturated carbocycles. The van der Waals surface area contributed by atoms with Gasteiger partial charge in [0.15, 0.2) is 0 Å². The fourth-order valence-electron chi connectivity index (χ4n) is 0.726. The maximum atomic E-state index is 8.85. The van der Waals surface area contributed by atoms with Crippen LogP contribution in [-0.2, 0) is 4.74 Å². The number of hydrogen-bond donors (Lipinski definition) is 2. The molecule has 0 aromatic carbocycles. The van der Waals surface area contributed by atoms with Gasteiger partial charge in [0.25, 0.3) is 0 Å². The lowest BCUT2D eigenvalue weighted by molar-refractivity contribution is 0.00654. The molecule has 68 valence electrons. The maximum Gasteiger partial charge on any atom is 0.100 e. The molecule has 0 fully saturated rings. The van der Waals surface area contributed by atoms with Gasteiger partial charge in [-0.3, -0.25) is 0 Å². The molecule has 1 unspecified atom stereocenters. The first kappa shape index (κ1) is 11.1. The summed E-state index contributed by atoms with van der Waals surface area (Å²) in [6.07, 6.45) is 0.398. The molecule has 0 rings (SSSR count). The number of ether oxygens (including phenoxy) is 1. The fourth-order valence-corrected chi connectivity index (χ4v) is 1.43. The molecule has 0 heterocycles. The van der Waals surface area contributed by atoms with Crippen LogP contribution in [-0.4, -0.2) is 45.7 Å². The van der Waals surface area contributed by atoms with Crippen LogP contribution in [0.4, 0.5) is 0 Å². The van der Waals surface area contributed by atoms with Gasteiger partial charge in [-0.05, 0) is 6.42 Å². The summed E-state index contributed by atoms with van der Waals surface area (Å²) in [5.41, 5.74) is 0. The topological polar surface area (TPSA) is 49.7 Å². The Morgan fingerprint density at radius 2 is 2.27 bits per heavy atom. The van der Waals surface area contributed by atoms with Gasteiger partial charge in [-0.15, -0.1) is 0 Å². The summed E-state index contributed by atoms with van der Waals surface area (Å²) in [5.74, 6) is 0. The molecule has 2 N–H and O–H groups in total. The minimum absolute atomic E-state index is 0.170. The van der Waals surface area contributed by atoms with Crippen LogP contribution in [0.15, 0.2) is 0 Å². The number of hydrogen-bond acceptors (Lipinski definition) is 3. The molecular formula is C7H18O3Si.